The Bertz CT molecular complexity index is 799. The number of aryl methyl sites for hydroxylation is 1. The topological polar surface area (TPSA) is 101 Å². The maximum Gasteiger partial charge on any atom is 0.372 e. The number of aromatic nitrogens is 1. The average molecular weight is 342 g/mol. The highest BCUT2D eigenvalue weighted by Crippen LogP contribution is 2.30. The molecule has 1 N–H and O–H groups in total. The van der Waals surface area contributed by atoms with Crippen molar-refractivity contribution in [3.05, 3.63) is 53.4 Å². The Kier molecular flexibility index (Phi) is 4.65. The first-order valence-electron chi connectivity index (χ1n) is 7.97. The fourth-order valence-electron chi connectivity index (χ4n) is 3.21. The van der Waals surface area contributed by atoms with E-state index in [1.165, 1.54) is 4.90 Å². The zero-order valence-corrected chi connectivity index (χ0v) is 13.7. The highest BCUT2D eigenvalue weighted by molar-refractivity contribution is 6.34. The molecule has 130 valence electrons. The Balaban J connectivity index is 1.82. The summed E-state index contributed by atoms with van der Waals surface area (Å²) in [6, 6.07) is 11.0. The molecule has 0 bridgehead atoms. The molecule has 25 heavy (non-hydrogen) atoms. The van der Waals surface area contributed by atoms with Gasteiger partial charge in [-0.1, -0.05) is 35.5 Å². The number of ketones is 1. The lowest BCUT2D eigenvalue weighted by atomic mass is 9.86. The van der Waals surface area contributed by atoms with Gasteiger partial charge in [-0.3, -0.25) is 9.59 Å². The normalized spacial score (nSPS) is 20.0. The van der Waals surface area contributed by atoms with Crippen molar-refractivity contribution in [1.29, 1.82) is 0 Å². The van der Waals surface area contributed by atoms with Crippen LogP contribution in [0.25, 0.3) is 0 Å². The number of carbonyl (C=O) groups is 3. The van der Waals surface area contributed by atoms with Gasteiger partial charge in [-0.05, 0) is 18.9 Å². The minimum absolute atomic E-state index is 0.0768. The number of rotatable bonds is 6. The number of amides is 1. The molecule has 2 heterocycles. The minimum Gasteiger partial charge on any atom is -0.475 e. The van der Waals surface area contributed by atoms with Gasteiger partial charge in [-0.15, -0.1) is 0 Å². The number of carboxylic acid groups (broad SMARTS) is 1. The predicted molar refractivity (Wildman–Crippen MR) is 86.4 cm³/mol. The van der Waals surface area contributed by atoms with Crippen molar-refractivity contribution in [3.63, 3.8) is 0 Å². The number of hydrogen-bond acceptors (Lipinski definition) is 5. The molecule has 1 fully saturated rings. The van der Waals surface area contributed by atoms with Gasteiger partial charge in [0.05, 0.1) is 18.4 Å². The molecule has 7 nitrogen and oxygen atoms in total. The van der Waals surface area contributed by atoms with Crippen LogP contribution in [0.15, 0.2) is 40.9 Å². The Morgan fingerprint density at radius 1 is 1.32 bits per heavy atom. The van der Waals surface area contributed by atoms with Crippen LogP contribution in [0.5, 0.6) is 0 Å². The molecule has 0 unspecified atom stereocenters. The van der Waals surface area contributed by atoms with Gasteiger partial charge in [-0.25, -0.2) is 4.79 Å². The van der Waals surface area contributed by atoms with E-state index < -0.39 is 23.6 Å². The molecule has 1 aromatic heterocycles. The Hall–Kier alpha value is -2.96. The number of Topliss-reactive ketones (excluding diaryl/α,β-unsaturated/α-hetero) is 1. The van der Waals surface area contributed by atoms with Gasteiger partial charge in [0.25, 0.3) is 0 Å². The Labute approximate surface area is 144 Å². The maximum absolute atomic E-state index is 12.8. The van der Waals surface area contributed by atoms with Crippen LogP contribution in [0, 0.1) is 18.8 Å². The van der Waals surface area contributed by atoms with Crippen LogP contribution >= 0.6 is 0 Å². The summed E-state index contributed by atoms with van der Waals surface area (Å²) in [7, 11) is 0. The monoisotopic (exact) mass is 342 g/mol. The molecule has 0 spiro atoms. The Morgan fingerprint density at radius 2 is 2.04 bits per heavy atom. The smallest absolute Gasteiger partial charge is 0.372 e. The SMILES string of the molecule is Cc1cc(CN2C[C@H](C(=O)C(=O)O)[C@@H](Cc3ccccc3)C2=O)no1. The summed E-state index contributed by atoms with van der Waals surface area (Å²) in [5.74, 6) is -3.58. The van der Waals surface area contributed by atoms with Crippen molar-refractivity contribution in [3.8, 4) is 0 Å². The molecule has 1 saturated heterocycles. The summed E-state index contributed by atoms with van der Waals surface area (Å²) < 4.78 is 5.00. The van der Waals surface area contributed by atoms with Crippen molar-refractivity contribution < 1.29 is 24.0 Å². The number of likely N-dealkylation sites (tertiary alicyclic amines) is 1. The largest absolute Gasteiger partial charge is 0.475 e. The second kappa shape index (κ2) is 6.88. The van der Waals surface area contributed by atoms with E-state index in [1.54, 1.807) is 13.0 Å². The molecule has 1 aliphatic heterocycles. The van der Waals surface area contributed by atoms with Crippen LogP contribution in [0.1, 0.15) is 17.0 Å². The van der Waals surface area contributed by atoms with Crippen LogP contribution in [-0.2, 0) is 27.3 Å². The fourth-order valence-corrected chi connectivity index (χ4v) is 3.21. The van der Waals surface area contributed by atoms with E-state index in [2.05, 4.69) is 5.16 Å². The lowest BCUT2D eigenvalue weighted by Gasteiger charge is -2.15. The van der Waals surface area contributed by atoms with E-state index in [9.17, 15) is 14.4 Å². The highest BCUT2D eigenvalue weighted by atomic mass is 16.5. The number of carboxylic acids is 1. The average Bonchev–Trinajstić information content (AvgIpc) is 3.13. The molecule has 1 aliphatic rings. The fraction of sp³-hybridized carbons (Fsp3) is 0.333. The van der Waals surface area contributed by atoms with Crippen molar-refractivity contribution in [1.82, 2.24) is 10.1 Å². The number of hydrogen-bond donors (Lipinski definition) is 1. The number of carbonyl (C=O) groups excluding carboxylic acids is 2. The van der Waals surface area contributed by atoms with E-state index in [0.717, 1.165) is 5.56 Å². The molecule has 1 amide bonds. The summed E-state index contributed by atoms with van der Waals surface area (Å²) in [5, 5.41) is 12.9. The maximum atomic E-state index is 12.8. The zero-order valence-electron chi connectivity index (χ0n) is 13.7. The molecule has 0 aliphatic carbocycles. The molecular weight excluding hydrogens is 324 g/mol. The first-order valence-corrected chi connectivity index (χ1v) is 7.97. The van der Waals surface area contributed by atoms with Crippen LogP contribution in [0.3, 0.4) is 0 Å². The minimum atomic E-state index is -1.50. The van der Waals surface area contributed by atoms with Gasteiger partial charge in [0, 0.05) is 12.6 Å². The highest BCUT2D eigenvalue weighted by Gasteiger charge is 2.46. The van der Waals surface area contributed by atoms with E-state index in [-0.39, 0.29) is 19.0 Å². The van der Waals surface area contributed by atoms with Crippen LogP contribution < -0.4 is 0 Å². The second-order valence-corrected chi connectivity index (χ2v) is 6.22. The molecule has 2 atom stereocenters. The van der Waals surface area contributed by atoms with Gasteiger partial charge in [0.1, 0.15) is 11.5 Å². The third kappa shape index (κ3) is 3.60. The third-order valence-electron chi connectivity index (χ3n) is 4.41. The molecule has 7 heteroatoms. The summed E-state index contributed by atoms with van der Waals surface area (Å²) >= 11 is 0. The molecule has 3 rings (SSSR count). The summed E-state index contributed by atoms with van der Waals surface area (Å²) in [6.07, 6.45) is 0.331. The van der Waals surface area contributed by atoms with Gasteiger partial charge in [0.15, 0.2) is 0 Å². The van der Waals surface area contributed by atoms with E-state index in [4.69, 9.17) is 9.63 Å². The molecule has 2 aromatic rings. The molecule has 0 radical (unpaired) electrons. The van der Waals surface area contributed by atoms with Crippen molar-refractivity contribution >= 4 is 17.7 Å². The predicted octanol–water partition coefficient (Wildman–Crippen LogP) is 1.45. The van der Waals surface area contributed by atoms with Crippen LogP contribution in [0.2, 0.25) is 0 Å². The van der Waals surface area contributed by atoms with E-state index in [0.29, 0.717) is 17.9 Å². The number of aliphatic carboxylic acids is 1. The molecule has 0 saturated carbocycles. The molecular formula is C18H18N2O5. The van der Waals surface area contributed by atoms with Gasteiger partial charge in [0.2, 0.25) is 11.7 Å². The van der Waals surface area contributed by atoms with E-state index >= 15 is 0 Å². The standard InChI is InChI=1S/C18H18N2O5/c1-11-7-13(19-25-11)9-20-10-15(16(21)18(23)24)14(17(20)22)8-12-5-3-2-4-6-12/h2-7,14-15H,8-10H2,1H3,(H,23,24)/t14-,15+/m1/s1. The first-order chi connectivity index (χ1) is 12.0. The first kappa shape index (κ1) is 16.9. The zero-order chi connectivity index (χ0) is 18.0. The van der Waals surface area contributed by atoms with Crippen molar-refractivity contribution in [2.45, 2.75) is 19.9 Å². The second-order valence-electron chi connectivity index (χ2n) is 6.22. The van der Waals surface area contributed by atoms with Crippen molar-refractivity contribution in [2.75, 3.05) is 6.54 Å². The summed E-state index contributed by atoms with van der Waals surface area (Å²) in [5.41, 5.74) is 1.47. The number of benzene rings is 1. The molecule has 1 aromatic carbocycles. The van der Waals surface area contributed by atoms with Gasteiger partial charge >= 0.3 is 5.97 Å². The van der Waals surface area contributed by atoms with Gasteiger partial charge < -0.3 is 14.5 Å². The van der Waals surface area contributed by atoms with E-state index in [1.807, 2.05) is 30.3 Å². The Morgan fingerprint density at radius 3 is 2.64 bits per heavy atom. The van der Waals surface area contributed by atoms with Gasteiger partial charge in [-0.2, -0.15) is 0 Å². The lowest BCUT2D eigenvalue weighted by Crippen LogP contribution is -2.31. The lowest BCUT2D eigenvalue weighted by molar-refractivity contribution is -0.151. The van der Waals surface area contributed by atoms with Crippen LogP contribution in [0.4, 0.5) is 0 Å². The quantitative estimate of drug-likeness (QED) is 0.798. The van der Waals surface area contributed by atoms with Crippen LogP contribution in [-0.4, -0.2) is 39.4 Å². The number of nitrogens with zero attached hydrogens (tertiary/aromatic N) is 2. The summed E-state index contributed by atoms with van der Waals surface area (Å²) in [4.78, 5) is 37.5. The summed E-state index contributed by atoms with van der Waals surface area (Å²) in [6.45, 7) is 2.02. The third-order valence-corrected chi connectivity index (χ3v) is 4.41. The van der Waals surface area contributed by atoms with Crippen molar-refractivity contribution in [2.24, 2.45) is 11.8 Å².